The molecule has 4 rings (SSSR count). The van der Waals surface area contributed by atoms with Crippen LogP contribution in [-0.2, 0) is 11.2 Å². The lowest BCUT2D eigenvalue weighted by Gasteiger charge is -2.25. The molecule has 9 heteroatoms. The third-order valence-corrected chi connectivity index (χ3v) is 5.35. The van der Waals surface area contributed by atoms with Crippen molar-refractivity contribution in [3.05, 3.63) is 84.4 Å². The summed E-state index contributed by atoms with van der Waals surface area (Å²) in [7, 11) is 1.73. The van der Waals surface area contributed by atoms with Crippen LogP contribution >= 0.6 is 0 Å². The van der Waals surface area contributed by atoms with E-state index in [9.17, 15) is 13.6 Å². The van der Waals surface area contributed by atoms with Crippen LogP contribution < -0.4 is 0 Å². The molecule has 7 nitrogen and oxygen atoms in total. The molecular weight excluding hydrogens is 416 g/mol. The maximum atomic E-state index is 13.9. The Morgan fingerprint density at radius 3 is 2.53 bits per heavy atom. The number of oxazole rings is 1. The monoisotopic (exact) mass is 437 g/mol. The lowest BCUT2D eigenvalue weighted by atomic mass is 10.1. The summed E-state index contributed by atoms with van der Waals surface area (Å²) in [5.74, 6) is -1.32. The van der Waals surface area contributed by atoms with E-state index in [2.05, 4.69) is 15.1 Å². The number of rotatable bonds is 7. The number of aryl methyl sites for hydroxylation is 1. The maximum absolute atomic E-state index is 13.9. The molecule has 4 aromatic rings. The van der Waals surface area contributed by atoms with Crippen LogP contribution in [0.3, 0.4) is 0 Å². The first-order valence-corrected chi connectivity index (χ1v) is 10.0. The number of carbonyl (C=O) groups is 1. The number of hydrogen-bond acceptors (Lipinski definition) is 5. The third-order valence-electron chi connectivity index (χ3n) is 5.35. The molecule has 0 fully saturated rings. The second-order valence-electron chi connectivity index (χ2n) is 7.33. The number of amides is 1. The van der Waals surface area contributed by atoms with Gasteiger partial charge < -0.3 is 9.32 Å². The highest BCUT2D eigenvalue weighted by molar-refractivity contribution is 5.76. The Labute approximate surface area is 183 Å². The normalized spacial score (nSPS) is 12.0. The SMILES string of the molecule is C[C@H](c1ccc(-n2cncn2)cc1)N(C)C(=O)CCc1ncc(-c2c(F)cccc2F)o1. The first kappa shape index (κ1) is 21.4. The van der Waals surface area contributed by atoms with Gasteiger partial charge in [-0.05, 0) is 36.8 Å². The van der Waals surface area contributed by atoms with Crippen LogP contribution in [0.15, 0.2) is 65.7 Å². The summed E-state index contributed by atoms with van der Waals surface area (Å²) in [6, 6.07) is 11.1. The van der Waals surface area contributed by atoms with E-state index in [-0.39, 0.29) is 42.0 Å². The van der Waals surface area contributed by atoms with E-state index < -0.39 is 11.6 Å². The zero-order valence-electron chi connectivity index (χ0n) is 17.6. The zero-order valence-corrected chi connectivity index (χ0v) is 17.6. The van der Waals surface area contributed by atoms with E-state index in [4.69, 9.17) is 4.42 Å². The molecule has 0 saturated heterocycles. The molecule has 2 heterocycles. The number of carbonyl (C=O) groups excluding carboxylic acids is 1. The maximum Gasteiger partial charge on any atom is 0.223 e. The summed E-state index contributed by atoms with van der Waals surface area (Å²) in [6.45, 7) is 1.94. The van der Waals surface area contributed by atoms with Gasteiger partial charge in [-0.3, -0.25) is 4.79 Å². The van der Waals surface area contributed by atoms with Crippen LogP contribution in [0.1, 0.15) is 30.8 Å². The van der Waals surface area contributed by atoms with Gasteiger partial charge in [-0.2, -0.15) is 5.10 Å². The van der Waals surface area contributed by atoms with E-state index >= 15 is 0 Å². The highest BCUT2D eigenvalue weighted by Crippen LogP contribution is 2.27. The number of halogens is 2. The summed E-state index contributed by atoms with van der Waals surface area (Å²) in [5.41, 5.74) is 1.58. The fourth-order valence-corrected chi connectivity index (χ4v) is 3.35. The van der Waals surface area contributed by atoms with Crippen molar-refractivity contribution >= 4 is 5.91 Å². The average Bonchev–Trinajstić information content (AvgIpc) is 3.49. The molecular formula is C23H21F2N5O2. The Morgan fingerprint density at radius 2 is 1.88 bits per heavy atom. The molecule has 2 aromatic carbocycles. The first-order valence-electron chi connectivity index (χ1n) is 10.0. The summed E-state index contributed by atoms with van der Waals surface area (Å²) < 4.78 is 35.0. The molecule has 0 bridgehead atoms. The van der Waals surface area contributed by atoms with E-state index in [1.165, 1.54) is 18.6 Å². The van der Waals surface area contributed by atoms with Gasteiger partial charge in [-0.1, -0.05) is 18.2 Å². The van der Waals surface area contributed by atoms with Crippen LogP contribution in [0.25, 0.3) is 17.0 Å². The molecule has 0 spiro atoms. The van der Waals surface area contributed by atoms with Crippen molar-refractivity contribution in [1.82, 2.24) is 24.6 Å². The Kier molecular flexibility index (Phi) is 6.07. The zero-order chi connectivity index (χ0) is 22.7. The fraction of sp³-hybridized carbons (Fsp3) is 0.217. The summed E-state index contributed by atoms with van der Waals surface area (Å²) in [6.07, 6.45) is 4.72. The molecule has 164 valence electrons. The molecule has 0 aliphatic heterocycles. The first-order chi connectivity index (χ1) is 15.4. The predicted octanol–water partition coefficient (Wildman–Crippen LogP) is 4.35. The van der Waals surface area contributed by atoms with Crippen LogP contribution in [-0.4, -0.2) is 37.6 Å². The van der Waals surface area contributed by atoms with Crippen LogP contribution in [0.5, 0.6) is 0 Å². The van der Waals surface area contributed by atoms with E-state index in [0.717, 1.165) is 23.4 Å². The second kappa shape index (κ2) is 9.09. The van der Waals surface area contributed by atoms with Crippen molar-refractivity contribution in [3.63, 3.8) is 0 Å². The minimum Gasteiger partial charge on any atom is -0.441 e. The van der Waals surface area contributed by atoms with Crippen molar-refractivity contribution in [3.8, 4) is 17.0 Å². The van der Waals surface area contributed by atoms with Crippen LogP contribution in [0, 0.1) is 11.6 Å². The van der Waals surface area contributed by atoms with E-state index in [0.29, 0.717) is 0 Å². The van der Waals surface area contributed by atoms with Crippen molar-refractivity contribution < 1.29 is 18.0 Å². The Hall–Kier alpha value is -3.88. The molecule has 0 aliphatic rings. The van der Waals surface area contributed by atoms with Gasteiger partial charge in [0, 0.05) is 19.9 Å². The molecule has 0 unspecified atom stereocenters. The Balaban J connectivity index is 1.37. The quantitative estimate of drug-likeness (QED) is 0.430. The van der Waals surface area contributed by atoms with Gasteiger partial charge in [-0.15, -0.1) is 0 Å². The highest BCUT2D eigenvalue weighted by atomic mass is 19.1. The van der Waals surface area contributed by atoms with Gasteiger partial charge in [-0.25, -0.2) is 23.4 Å². The molecule has 1 atom stereocenters. The van der Waals surface area contributed by atoms with Crippen molar-refractivity contribution in [2.24, 2.45) is 0 Å². The number of aromatic nitrogens is 4. The standard InChI is InChI=1S/C23H21F2N5O2/c1-15(16-6-8-17(9-7-16)30-14-26-13-28-30)29(2)22(31)11-10-21-27-12-20(32-21)23-18(24)4-3-5-19(23)25/h3-9,12-15H,10-11H2,1-2H3/t15-/m1/s1. The summed E-state index contributed by atoms with van der Waals surface area (Å²) in [4.78, 5) is 22.3. The summed E-state index contributed by atoms with van der Waals surface area (Å²) >= 11 is 0. The lowest BCUT2D eigenvalue weighted by molar-refractivity contribution is -0.131. The molecule has 32 heavy (non-hydrogen) atoms. The van der Waals surface area contributed by atoms with Gasteiger partial charge in [0.15, 0.2) is 11.7 Å². The van der Waals surface area contributed by atoms with E-state index in [1.54, 1.807) is 23.0 Å². The fourth-order valence-electron chi connectivity index (χ4n) is 3.35. The number of hydrogen-bond donors (Lipinski definition) is 0. The van der Waals surface area contributed by atoms with Crippen LogP contribution in [0.2, 0.25) is 0 Å². The molecule has 0 aliphatic carbocycles. The van der Waals surface area contributed by atoms with Crippen molar-refractivity contribution in [2.75, 3.05) is 7.05 Å². The van der Waals surface area contributed by atoms with E-state index in [1.807, 2.05) is 31.2 Å². The smallest absolute Gasteiger partial charge is 0.223 e. The number of benzene rings is 2. The molecule has 0 saturated carbocycles. The largest absolute Gasteiger partial charge is 0.441 e. The second-order valence-corrected chi connectivity index (χ2v) is 7.33. The predicted molar refractivity (Wildman–Crippen MR) is 113 cm³/mol. The molecule has 2 aromatic heterocycles. The van der Waals surface area contributed by atoms with Gasteiger partial charge in [0.2, 0.25) is 5.91 Å². The molecule has 1 amide bonds. The van der Waals surface area contributed by atoms with Gasteiger partial charge in [0.05, 0.1) is 23.5 Å². The van der Waals surface area contributed by atoms with Crippen molar-refractivity contribution in [1.29, 1.82) is 0 Å². The van der Waals surface area contributed by atoms with Gasteiger partial charge >= 0.3 is 0 Å². The topological polar surface area (TPSA) is 77.1 Å². The molecule has 0 radical (unpaired) electrons. The minimum atomic E-state index is -0.729. The summed E-state index contributed by atoms with van der Waals surface area (Å²) in [5, 5.41) is 4.09. The van der Waals surface area contributed by atoms with Gasteiger partial charge in [0.25, 0.3) is 0 Å². The molecule has 0 N–H and O–H groups in total. The minimum absolute atomic E-state index is 0.00255. The lowest BCUT2D eigenvalue weighted by Crippen LogP contribution is -2.29. The van der Waals surface area contributed by atoms with Gasteiger partial charge in [0.1, 0.15) is 24.3 Å². The number of nitrogens with zero attached hydrogens (tertiary/aromatic N) is 5. The Bertz CT molecular complexity index is 1190. The van der Waals surface area contributed by atoms with Crippen molar-refractivity contribution in [2.45, 2.75) is 25.8 Å². The average molecular weight is 437 g/mol. The third kappa shape index (κ3) is 4.41. The Morgan fingerprint density at radius 1 is 1.16 bits per heavy atom. The highest BCUT2D eigenvalue weighted by Gasteiger charge is 2.20. The van der Waals surface area contributed by atoms with Crippen LogP contribution in [0.4, 0.5) is 8.78 Å².